The molecule has 1 fully saturated rings. The van der Waals surface area contributed by atoms with E-state index in [2.05, 4.69) is 41.4 Å². The number of nitrogens with two attached hydrogens (primary N) is 1. The second kappa shape index (κ2) is 7.29. The normalized spacial score (nSPS) is 19.1. The van der Waals surface area contributed by atoms with Crippen LogP contribution in [-0.2, 0) is 11.3 Å². The topological polar surface area (TPSA) is 58.4 Å². The quantitative estimate of drug-likeness (QED) is 0.779. The summed E-state index contributed by atoms with van der Waals surface area (Å²) in [6, 6.07) is 8.61. The van der Waals surface area contributed by atoms with E-state index in [-0.39, 0.29) is 11.8 Å². The summed E-state index contributed by atoms with van der Waals surface area (Å²) in [6.07, 6.45) is 3.11. The Kier molecular flexibility index (Phi) is 5.41. The molecule has 110 valence electrons. The molecular formula is C16H25N3O. The van der Waals surface area contributed by atoms with Crippen molar-refractivity contribution < 1.29 is 4.79 Å². The first-order chi connectivity index (χ1) is 9.70. The lowest BCUT2D eigenvalue weighted by atomic mass is 9.97. The number of benzene rings is 1. The predicted octanol–water partition coefficient (Wildman–Crippen LogP) is 1.89. The standard InChI is InChI=1S/C16H25N3O/c1-2-9-18-11-13-5-7-15(8-6-13)19-10-3-4-14(12-19)16(17)20/h5-8,14,18H,2-4,9-12H2,1H3,(H2,17,20). The average molecular weight is 275 g/mol. The Bertz CT molecular complexity index is 430. The molecule has 1 saturated heterocycles. The number of anilines is 1. The molecule has 0 saturated carbocycles. The van der Waals surface area contributed by atoms with Crippen molar-refractivity contribution in [3.05, 3.63) is 29.8 Å². The third kappa shape index (κ3) is 3.97. The Morgan fingerprint density at radius 2 is 2.15 bits per heavy atom. The molecule has 1 aromatic rings. The van der Waals surface area contributed by atoms with E-state index in [0.717, 1.165) is 45.4 Å². The molecule has 4 nitrogen and oxygen atoms in total. The number of amides is 1. The van der Waals surface area contributed by atoms with Gasteiger partial charge >= 0.3 is 0 Å². The highest BCUT2D eigenvalue weighted by Crippen LogP contribution is 2.23. The zero-order valence-electron chi connectivity index (χ0n) is 12.3. The van der Waals surface area contributed by atoms with Gasteiger partial charge in [-0.25, -0.2) is 0 Å². The molecule has 4 heteroatoms. The van der Waals surface area contributed by atoms with Gasteiger partial charge in [0.2, 0.25) is 5.91 Å². The molecule has 0 aliphatic carbocycles. The van der Waals surface area contributed by atoms with Crippen LogP contribution in [0.15, 0.2) is 24.3 Å². The number of carbonyl (C=O) groups excluding carboxylic acids is 1. The van der Waals surface area contributed by atoms with Crippen molar-refractivity contribution in [2.24, 2.45) is 11.7 Å². The molecule has 1 aliphatic rings. The van der Waals surface area contributed by atoms with Crippen molar-refractivity contribution in [1.29, 1.82) is 0 Å². The fourth-order valence-electron chi connectivity index (χ4n) is 2.68. The van der Waals surface area contributed by atoms with Gasteiger partial charge < -0.3 is 16.0 Å². The summed E-state index contributed by atoms with van der Waals surface area (Å²) < 4.78 is 0. The van der Waals surface area contributed by atoms with E-state index < -0.39 is 0 Å². The van der Waals surface area contributed by atoms with Gasteiger partial charge in [0, 0.05) is 25.3 Å². The van der Waals surface area contributed by atoms with Crippen molar-refractivity contribution in [3.63, 3.8) is 0 Å². The van der Waals surface area contributed by atoms with Gasteiger partial charge in [-0.1, -0.05) is 19.1 Å². The zero-order valence-corrected chi connectivity index (χ0v) is 12.3. The molecule has 1 unspecified atom stereocenters. The molecule has 1 aliphatic heterocycles. The smallest absolute Gasteiger partial charge is 0.222 e. The molecule has 0 spiro atoms. The molecule has 0 aromatic heterocycles. The van der Waals surface area contributed by atoms with Crippen LogP contribution in [0.25, 0.3) is 0 Å². The maximum Gasteiger partial charge on any atom is 0.222 e. The number of carbonyl (C=O) groups is 1. The van der Waals surface area contributed by atoms with Gasteiger partial charge in [-0.15, -0.1) is 0 Å². The number of rotatable bonds is 6. The summed E-state index contributed by atoms with van der Waals surface area (Å²) >= 11 is 0. The number of nitrogens with zero attached hydrogens (tertiary/aromatic N) is 1. The van der Waals surface area contributed by atoms with E-state index in [1.807, 2.05) is 0 Å². The van der Waals surface area contributed by atoms with E-state index in [9.17, 15) is 4.79 Å². The summed E-state index contributed by atoms with van der Waals surface area (Å²) in [7, 11) is 0. The molecule has 3 N–H and O–H groups in total. The van der Waals surface area contributed by atoms with Crippen LogP contribution in [0.4, 0.5) is 5.69 Å². The second-order valence-corrected chi connectivity index (χ2v) is 5.53. The minimum Gasteiger partial charge on any atom is -0.371 e. The summed E-state index contributed by atoms with van der Waals surface area (Å²) in [4.78, 5) is 13.6. The summed E-state index contributed by atoms with van der Waals surface area (Å²) in [5.74, 6) is -0.176. The van der Waals surface area contributed by atoms with E-state index in [1.165, 1.54) is 11.3 Å². The Morgan fingerprint density at radius 3 is 2.80 bits per heavy atom. The van der Waals surface area contributed by atoms with Gasteiger partial charge in [0.25, 0.3) is 0 Å². The van der Waals surface area contributed by atoms with Gasteiger partial charge in [0.1, 0.15) is 0 Å². The van der Waals surface area contributed by atoms with E-state index in [1.54, 1.807) is 0 Å². The Hall–Kier alpha value is -1.55. The van der Waals surface area contributed by atoms with E-state index in [0.29, 0.717) is 0 Å². The Balaban J connectivity index is 1.93. The van der Waals surface area contributed by atoms with Crippen molar-refractivity contribution >= 4 is 11.6 Å². The van der Waals surface area contributed by atoms with Crippen LogP contribution in [0.2, 0.25) is 0 Å². The molecule has 2 rings (SSSR count). The van der Waals surface area contributed by atoms with Crippen molar-refractivity contribution in [3.8, 4) is 0 Å². The summed E-state index contributed by atoms with van der Waals surface area (Å²) in [6.45, 7) is 5.90. The number of hydrogen-bond acceptors (Lipinski definition) is 3. The van der Waals surface area contributed by atoms with Gasteiger partial charge in [-0.2, -0.15) is 0 Å². The zero-order chi connectivity index (χ0) is 14.4. The third-order valence-electron chi connectivity index (χ3n) is 3.88. The number of primary amides is 1. The molecule has 1 heterocycles. The number of nitrogens with one attached hydrogen (secondary N) is 1. The number of hydrogen-bond donors (Lipinski definition) is 2. The lowest BCUT2D eigenvalue weighted by molar-refractivity contribution is -0.122. The van der Waals surface area contributed by atoms with Crippen LogP contribution in [0, 0.1) is 5.92 Å². The van der Waals surface area contributed by atoms with Crippen LogP contribution < -0.4 is 16.0 Å². The monoisotopic (exact) mass is 275 g/mol. The molecule has 0 radical (unpaired) electrons. The fourth-order valence-corrected chi connectivity index (χ4v) is 2.68. The largest absolute Gasteiger partial charge is 0.371 e. The number of piperidine rings is 1. The highest BCUT2D eigenvalue weighted by molar-refractivity contribution is 5.77. The second-order valence-electron chi connectivity index (χ2n) is 5.53. The minimum absolute atomic E-state index is 0.00496. The Morgan fingerprint density at radius 1 is 1.40 bits per heavy atom. The van der Waals surface area contributed by atoms with Crippen LogP contribution in [0.3, 0.4) is 0 Å². The van der Waals surface area contributed by atoms with Crippen molar-refractivity contribution in [2.45, 2.75) is 32.7 Å². The van der Waals surface area contributed by atoms with E-state index in [4.69, 9.17) is 5.73 Å². The summed E-state index contributed by atoms with van der Waals surface area (Å²) in [5.41, 5.74) is 7.91. The van der Waals surface area contributed by atoms with Crippen LogP contribution in [-0.4, -0.2) is 25.5 Å². The first kappa shape index (κ1) is 14.9. The molecule has 1 aromatic carbocycles. The SMILES string of the molecule is CCCNCc1ccc(N2CCCC(C(N)=O)C2)cc1. The van der Waals surface area contributed by atoms with Gasteiger partial charge in [0.05, 0.1) is 5.92 Å². The van der Waals surface area contributed by atoms with Crippen LogP contribution >= 0.6 is 0 Å². The predicted molar refractivity (Wildman–Crippen MR) is 82.6 cm³/mol. The average Bonchev–Trinajstić information content (AvgIpc) is 2.48. The maximum atomic E-state index is 11.3. The fraction of sp³-hybridized carbons (Fsp3) is 0.562. The lowest BCUT2D eigenvalue weighted by Gasteiger charge is -2.33. The van der Waals surface area contributed by atoms with Crippen molar-refractivity contribution in [2.75, 3.05) is 24.5 Å². The first-order valence-corrected chi connectivity index (χ1v) is 7.54. The van der Waals surface area contributed by atoms with Crippen LogP contribution in [0.1, 0.15) is 31.7 Å². The van der Waals surface area contributed by atoms with E-state index >= 15 is 0 Å². The third-order valence-corrected chi connectivity index (χ3v) is 3.88. The maximum absolute atomic E-state index is 11.3. The summed E-state index contributed by atoms with van der Waals surface area (Å²) in [5, 5.41) is 3.40. The minimum atomic E-state index is -0.171. The molecule has 1 atom stereocenters. The van der Waals surface area contributed by atoms with Crippen molar-refractivity contribution in [1.82, 2.24) is 5.32 Å². The van der Waals surface area contributed by atoms with Gasteiger partial charge in [0.15, 0.2) is 0 Å². The first-order valence-electron chi connectivity index (χ1n) is 7.54. The highest BCUT2D eigenvalue weighted by Gasteiger charge is 2.23. The molecule has 1 amide bonds. The van der Waals surface area contributed by atoms with Gasteiger partial charge in [-0.3, -0.25) is 4.79 Å². The van der Waals surface area contributed by atoms with Gasteiger partial charge in [-0.05, 0) is 43.5 Å². The lowest BCUT2D eigenvalue weighted by Crippen LogP contribution is -2.41. The Labute approximate surface area is 121 Å². The molecule has 20 heavy (non-hydrogen) atoms. The molecule has 0 bridgehead atoms. The van der Waals surface area contributed by atoms with Crippen LogP contribution in [0.5, 0.6) is 0 Å². The highest BCUT2D eigenvalue weighted by atomic mass is 16.1. The molecular weight excluding hydrogens is 250 g/mol.